The summed E-state index contributed by atoms with van der Waals surface area (Å²) < 4.78 is 0. The van der Waals surface area contributed by atoms with Crippen molar-refractivity contribution < 1.29 is 4.79 Å². The van der Waals surface area contributed by atoms with E-state index in [2.05, 4.69) is 39.2 Å². The van der Waals surface area contributed by atoms with Gasteiger partial charge in [-0.3, -0.25) is 9.79 Å². The average molecular weight is 470 g/mol. The highest BCUT2D eigenvalue weighted by molar-refractivity contribution is 14.0. The predicted octanol–water partition coefficient (Wildman–Crippen LogP) is 3.36. The van der Waals surface area contributed by atoms with E-state index in [0.717, 1.165) is 36.7 Å². The number of rotatable bonds is 5. The molecule has 0 bridgehead atoms. The number of carbonyl (C=O) groups is 1. The molecule has 1 aliphatic rings. The molecule has 2 heterocycles. The number of carbonyl (C=O) groups excluding carboxylic acids is 1. The van der Waals surface area contributed by atoms with Gasteiger partial charge in [-0.1, -0.05) is 18.2 Å². The van der Waals surface area contributed by atoms with Crippen LogP contribution >= 0.6 is 35.3 Å². The minimum absolute atomic E-state index is 0. The summed E-state index contributed by atoms with van der Waals surface area (Å²) in [5.74, 6) is 1.00. The third kappa shape index (κ3) is 5.43. The minimum Gasteiger partial charge on any atom is -0.352 e. The maximum atomic E-state index is 11.8. The van der Waals surface area contributed by atoms with E-state index in [1.54, 1.807) is 18.4 Å². The van der Waals surface area contributed by atoms with Gasteiger partial charge in [0.2, 0.25) is 5.91 Å². The van der Waals surface area contributed by atoms with Gasteiger partial charge in [0, 0.05) is 37.1 Å². The van der Waals surface area contributed by atoms with Crippen LogP contribution in [0.1, 0.15) is 23.3 Å². The first-order chi connectivity index (χ1) is 11.8. The summed E-state index contributed by atoms with van der Waals surface area (Å²) in [5.41, 5.74) is 2.14. The largest absolute Gasteiger partial charge is 0.352 e. The molecule has 0 spiro atoms. The molecule has 1 fully saturated rings. The summed E-state index contributed by atoms with van der Waals surface area (Å²) in [5, 5.41) is 8.68. The molecule has 2 N–H and O–H groups in total. The summed E-state index contributed by atoms with van der Waals surface area (Å²) in [6.45, 7) is 2.29. The molecule has 0 saturated carbocycles. The molecule has 7 heteroatoms. The predicted molar refractivity (Wildman–Crippen MR) is 115 cm³/mol. The lowest BCUT2D eigenvalue weighted by Crippen LogP contribution is -2.36. The van der Waals surface area contributed by atoms with Crippen LogP contribution in [0.3, 0.4) is 0 Å². The second kappa shape index (κ2) is 9.76. The van der Waals surface area contributed by atoms with E-state index >= 15 is 0 Å². The quantitative estimate of drug-likeness (QED) is 0.401. The van der Waals surface area contributed by atoms with Crippen molar-refractivity contribution in [3.63, 3.8) is 0 Å². The fourth-order valence-corrected chi connectivity index (χ4v) is 3.35. The molecule has 134 valence electrons. The molecule has 25 heavy (non-hydrogen) atoms. The zero-order valence-corrected chi connectivity index (χ0v) is 17.3. The summed E-state index contributed by atoms with van der Waals surface area (Å²) in [6, 6.07) is 12.3. The van der Waals surface area contributed by atoms with Crippen molar-refractivity contribution in [2.45, 2.75) is 25.9 Å². The molecule has 0 radical (unpaired) electrons. The van der Waals surface area contributed by atoms with Crippen LogP contribution in [-0.2, 0) is 17.9 Å². The number of hydrogen-bond acceptors (Lipinski definition) is 3. The van der Waals surface area contributed by atoms with Crippen LogP contribution < -0.4 is 15.5 Å². The molecular weight excluding hydrogens is 447 g/mol. The Morgan fingerprint density at radius 1 is 1.20 bits per heavy atom. The van der Waals surface area contributed by atoms with Crippen molar-refractivity contribution in [2.24, 2.45) is 4.99 Å². The molecule has 1 aromatic carbocycles. The van der Waals surface area contributed by atoms with Crippen molar-refractivity contribution in [1.82, 2.24) is 10.6 Å². The maximum Gasteiger partial charge on any atom is 0.227 e. The standard InChI is InChI=1S/C18H22N4OS.HI/c1-19-18(21-13-16-4-3-11-24-16)20-12-14-6-8-15(9-7-14)22-10-2-5-17(22)23;/h3-4,6-9,11H,2,5,10,12-13H2,1H3,(H2,19,20,21);1H. The summed E-state index contributed by atoms with van der Waals surface area (Å²) in [6.07, 6.45) is 1.61. The van der Waals surface area contributed by atoms with E-state index in [1.165, 1.54) is 4.88 Å². The van der Waals surface area contributed by atoms with E-state index in [-0.39, 0.29) is 29.9 Å². The van der Waals surface area contributed by atoms with Crippen LogP contribution in [0, 0.1) is 0 Å². The van der Waals surface area contributed by atoms with E-state index in [0.29, 0.717) is 13.0 Å². The molecular formula is C18H23IN4OS. The summed E-state index contributed by atoms with van der Waals surface area (Å²) in [7, 11) is 1.77. The maximum absolute atomic E-state index is 11.8. The van der Waals surface area contributed by atoms with Crippen LogP contribution in [0.2, 0.25) is 0 Å². The topological polar surface area (TPSA) is 56.7 Å². The van der Waals surface area contributed by atoms with Crippen LogP contribution in [0.25, 0.3) is 0 Å². The Kier molecular flexibility index (Phi) is 7.70. The van der Waals surface area contributed by atoms with Gasteiger partial charge in [0.05, 0.1) is 6.54 Å². The summed E-state index contributed by atoms with van der Waals surface area (Å²) >= 11 is 1.73. The van der Waals surface area contributed by atoms with Crippen molar-refractivity contribution in [3.8, 4) is 0 Å². The third-order valence-corrected chi connectivity index (χ3v) is 4.89. The molecule has 0 aliphatic carbocycles. The van der Waals surface area contributed by atoms with Crippen molar-refractivity contribution in [3.05, 3.63) is 52.2 Å². The molecule has 1 aliphatic heterocycles. The number of nitrogens with zero attached hydrogens (tertiary/aromatic N) is 2. The van der Waals surface area contributed by atoms with Gasteiger partial charge in [-0.25, -0.2) is 0 Å². The van der Waals surface area contributed by atoms with Gasteiger partial charge in [-0.15, -0.1) is 35.3 Å². The van der Waals surface area contributed by atoms with Crippen LogP contribution in [0.15, 0.2) is 46.8 Å². The Balaban J connectivity index is 0.00000225. The smallest absolute Gasteiger partial charge is 0.227 e. The normalized spacial score (nSPS) is 14.4. The molecule has 1 aromatic heterocycles. The van der Waals surface area contributed by atoms with Gasteiger partial charge in [-0.2, -0.15) is 0 Å². The number of nitrogens with one attached hydrogen (secondary N) is 2. The number of anilines is 1. The molecule has 1 saturated heterocycles. The van der Waals surface area contributed by atoms with E-state index in [1.807, 2.05) is 23.1 Å². The molecule has 5 nitrogen and oxygen atoms in total. The molecule has 0 atom stereocenters. The van der Waals surface area contributed by atoms with Crippen LogP contribution in [-0.4, -0.2) is 25.5 Å². The second-order valence-corrected chi connectivity index (χ2v) is 6.71. The fourth-order valence-electron chi connectivity index (χ4n) is 2.71. The number of thiophene rings is 1. The zero-order chi connectivity index (χ0) is 16.8. The van der Waals surface area contributed by atoms with Gasteiger partial charge < -0.3 is 15.5 Å². The van der Waals surface area contributed by atoms with Gasteiger partial charge in [0.25, 0.3) is 0 Å². The van der Waals surface area contributed by atoms with E-state index < -0.39 is 0 Å². The lowest BCUT2D eigenvalue weighted by molar-refractivity contribution is -0.117. The van der Waals surface area contributed by atoms with Crippen molar-refractivity contribution in [1.29, 1.82) is 0 Å². The number of aliphatic imine (C=N–C) groups is 1. The van der Waals surface area contributed by atoms with Gasteiger partial charge in [0.15, 0.2) is 5.96 Å². The Hall–Kier alpha value is -1.61. The van der Waals surface area contributed by atoms with Crippen molar-refractivity contribution in [2.75, 3.05) is 18.5 Å². The Morgan fingerprint density at radius 3 is 2.56 bits per heavy atom. The highest BCUT2D eigenvalue weighted by Gasteiger charge is 2.21. The molecule has 1 amide bonds. The third-order valence-electron chi connectivity index (χ3n) is 4.02. The average Bonchev–Trinajstić information content (AvgIpc) is 3.27. The number of benzene rings is 1. The lowest BCUT2D eigenvalue weighted by atomic mass is 10.2. The van der Waals surface area contributed by atoms with E-state index in [4.69, 9.17) is 0 Å². The van der Waals surface area contributed by atoms with Crippen molar-refractivity contribution >= 4 is 52.9 Å². The minimum atomic E-state index is 0. The lowest BCUT2D eigenvalue weighted by Gasteiger charge is -2.16. The van der Waals surface area contributed by atoms with E-state index in [9.17, 15) is 4.79 Å². The van der Waals surface area contributed by atoms with Crippen LogP contribution in [0.4, 0.5) is 5.69 Å². The second-order valence-electron chi connectivity index (χ2n) is 5.67. The summed E-state index contributed by atoms with van der Waals surface area (Å²) in [4.78, 5) is 19.1. The Morgan fingerprint density at radius 2 is 1.96 bits per heavy atom. The fraction of sp³-hybridized carbons (Fsp3) is 0.333. The highest BCUT2D eigenvalue weighted by Crippen LogP contribution is 2.21. The molecule has 0 unspecified atom stereocenters. The Bertz CT molecular complexity index is 700. The molecule has 2 aromatic rings. The zero-order valence-electron chi connectivity index (χ0n) is 14.2. The first kappa shape index (κ1) is 19.7. The number of amides is 1. The SMILES string of the molecule is CN=C(NCc1ccc(N2CCCC2=O)cc1)NCc1cccs1.I. The van der Waals surface area contributed by atoms with Gasteiger partial charge in [0.1, 0.15) is 0 Å². The first-order valence-electron chi connectivity index (χ1n) is 8.12. The first-order valence-corrected chi connectivity index (χ1v) is 9.00. The van der Waals surface area contributed by atoms with Gasteiger partial charge >= 0.3 is 0 Å². The monoisotopic (exact) mass is 470 g/mol. The number of guanidine groups is 1. The van der Waals surface area contributed by atoms with Crippen LogP contribution in [0.5, 0.6) is 0 Å². The Labute approximate surface area is 169 Å². The van der Waals surface area contributed by atoms with Gasteiger partial charge in [-0.05, 0) is 35.6 Å². The highest BCUT2D eigenvalue weighted by atomic mass is 127. The molecule has 3 rings (SSSR count). The number of hydrogen-bond donors (Lipinski definition) is 2. The number of halogens is 1.